The van der Waals surface area contributed by atoms with Gasteiger partial charge in [0.25, 0.3) is 0 Å². The van der Waals surface area contributed by atoms with E-state index in [1.165, 1.54) is 5.56 Å². The Balaban J connectivity index is 1.77. The first kappa shape index (κ1) is 19.6. The number of aryl methyl sites for hydroxylation is 1. The summed E-state index contributed by atoms with van der Waals surface area (Å²) in [4.78, 5) is 0. The normalized spacial score (nSPS) is 28.0. The van der Waals surface area contributed by atoms with Gasteiger partial charge in [0.1, 0.15) is 24.1 Å². The monoisotopic (exact) mass is 378 g/mol. The maximum Gasteiger partial charge on any atom is 0.229 e. The summed E-state index contributed by atoms with van der Waals surface area (Å²) in [6.45, 7) is 1.41. The largest absolute Gasteiger partial charge is 0.458 e. The molecule has 3 rings (SSSR count). The molecule has 27 heavy (non-hydrogen) atoms. The zero-order valence-electron chi connectivity index (χ0n) is 14.9. The first-order valence-electron chi connectivity index (χ1n) is 8.82. The van der Waals surface area contributed by atoms with Crippen LogP contribution in [0.5, 0.6) is 17.2 Å². The molecule has 2 aromatic carbocycles. The summed E-state index contributed by atoms with van der Waals surface area (Å²) >= 11 is 0. The number of benzene rings is 2. The first-order valence-corrected chi connectivity index (χ1v) is 8.82. The van der Waals surface area contributed by atoms with Gasteiger partial charge >= 0.3 is 0 Å². The number of hydrogen-bond acceptors (Lipinski definition) is 6. The minimum Gasteiger partial charge on any atom is -0.458 e. The van der Waals surface area contributed by atoms with Gasteiger partial charge in [0, 0.05) is 0 Å². The van der Waals surface area contributed by atoms with E-state index in [1.807, 2.05) is 24.3 Å². The van der Waals surface area contributed by atoms with E-state index in [9.17, 15) is 19.7 Å². The minimum absolute atomic E-state index is 0.252. The molecule has 0 aromatic heterocycles. The van der Waals surface area contributed by atoms with Crippen LogP contribution in [0.1, 0.15) is 12.5 Å². The first-order chi connectivity index (χ1) is 13.0. The van der Waals surface area contributed by atoms with Crippen LogP contribution in [0.25, 0.3) is 0 Å². The van der Waals surface area contributed by atoms with Crippen LogP contribution >= 0.6 is 0 Å². The van der Waals surface area contributed by atoms with Gasteiger partial charge in [-0.25, -0.2) is 4.39 Å². The summed E-state index contributed by atoms with van der Waals surface area (Å²) in [6.07, 6.45) is -6.97. The maximum absolute atomic E-state index is 13.9. The third-order valence-electron chi connectivity index (χ3n) is 4.45. The third-order valence-corrected chi connectivity index (χ3v) is 4.45. The minimum atomic E-state index is -1.91. The molecule has 0 saturated carbocycles. The molecule has 5 unspecified atom stereocenters. The number of aliphatic hydroxyl groups excluding tert-OH is 3. The highest BCUT2D eigenvalue weighted by Crippen LogP contribution is 2.34. The lowest BCUT2D eigenvalue weighted by Gasteiger charge is -2.38. The number of para-hydroxylation sites is 2. The molecule has 7 heteroatoms. The van der Waals surface area contributed by atoms with Crippen LogP contribution < -0.4 is 9.47 Å². The standard InChI is InChI=1S/C20H23FO6/c1-2-12-7-9-13(10-8-12)25-14-5-3-4-6-15(14)26-20-19(24)18(23)17(21)16(11-22)27-20/h3-10,16-20,22-24H,2,11H2,1H3. The van der Waals surface area contributed by atoms with Crippen LogP contribution in [-0.2, 0) is 11.2 Å². The second kappa shape index (κ2) is 8.67. The second-order valence-corrected chi connectivity index (χ2v) is 6.32. The summed E-state index contributed by atoms with van der Waals surface area (Å²) in [5, 5.41) is 29.1. The molecule has 1 aliphatic rings. The predicted octanol–water partition coefficient (Wildman–Crippen LogP) is 2.20. The highest BCUT2D eigenvalue weighted by Gasteiger charge is 2.46. The number of alkyl halides is 1. The zero-order chi connectivity index (χ0) is 19.4. The van der Waals surface area contributed by atoms with Crippen molar-refractivity contribution in [1.29, 1.82) is 0 Å². The van der Waals surface area contributed by atoms with Gasteiger partial charge in [-0.2, -0.15) is 0 Å². The topological polar surface area (TPSA) is 88.4 Å². The van der Waals surface area contributed by atoms with E-state index in [4.69, 9.17) is 14.2 Å². The van der Waals surface area contributed by atoms with Crippen molar-refractivity contribution < 1.29 is 33.9 Å². The van der Waals surface area contributed by atoms with Gasteiger partial charge in [0.15, 0.2) is 17.7 Å². The van der Waals surface area contributed by atoms with Gasteiger partial charge in [-0.3, -0.25) is 0 Å². The van der Waals surface area contributed by atoms with Crippen molar-refractivity contribution in [3.05, 3.63) is 54.1 Å². The molecule has 3 N–H and O–H groups in total. The van der Waals surface area contributed by atoms with E-state index in [-0.39, 0.29) is 5.75 Å². The SMILES string of the molecule is CCc1ccc(Oc2ccccc2OC2OC(CO)C(F)C(O)C2O)cc1. The van der Waals surface area contributed by atoms with Crippen molar-refractivity contribution >= 4 is 0 Å². The van der Waals surface area contributed by atoms with Gasteiger partial charge in [-0.15, -0.1) is 0 Å². The van der Waals surface area contributed by atoms with E-state index in [1.54, 1.807) is 24.3 Å². The predicted molar refractivity (Wildman–Crippen MR) is 95.6 cm³/mol. The third kappa shape index (κ3) is 4.39. The molecule has 1 fully saturated rings. The Bertz CT molecular complexity index is 736. The Kier molecular flexibility index (Phi) is 6.28. The summed E-state index contributed by atoms with van der Waals surface area (Å²) in [6, 6.07) is 14.3. The van der Waals surface area contributed by atoms with Crippen LogP contribution in [0, 0.1) is 0 Å². The molecule has 146 valence electrons. The van der Waals surface area contributed by atoms with E-state index < -0.39 is 37.4 Å². The number of ether oxygens (including phenoxy) is 3. The summed E-state index contributed by atoms with van der Waals surface area (Å²) in [7, 11) is 0. The van der Waals surface area contributed by atoms with Crippen molar-refractivity contribution in [3.8, 4) is 17.2 Å². The number of aliphatic hydroxyl groups is 3. The molecule has 0 radical (unpaired) electrons. The van der Waals surface area contributed by atoms with Crippen LogP contribution in [0.2, 0.25) is 0 Å². The Morgan fingerprint density at radius 1 is 1.00 bits per heavy atom. The molecule has 0 amide bonds. The Morgan fingerprint density at radius 3 is 2.30 bits per heavy atom. The van der Waals surface area contributed by atoms with E-state index in [0.29, 0.717) is 11.5 Å². The van der Waals surface area contributed by atoms with Gasteiger partial charge in [0.05, 0.1) is 6.61 Å². The summed E-state index contributed by atoms with van der Waals surface area (Å²) in [5.41, 5.74) is 1.18. The fourth-order valence-corrected chi connectivity index (χ4v) is 2.82. The van der Waals surface area contributed by atoms with Crippen LogP contribution in [0.4, 0.5) is 4.39 Å². The van der Waals surface area contributed by atoms with Crippen molar-refractivity contribution in [2.24, 2.45) is 0 Å². The molecular weight excluding hydrogens is 355 g/mol. The molecule has 1 aliphatic heterocycles. The Labute approximate surface area is 156 Å². The lowest BCUT2D eigenvalue weighted by Crippen LogP contribution is -2.58. The molecule has 0 spiro atoms. The van der Waals surface area contributed by atoms with Gasteiger partial charge < -0.3 is 29.5 Å². The molecule has 1 heterocycles. The van der Waals surface area contributed by atoms with Gasteiger partial charge in [-0.05, 0) is 36.2 Å². The van der Waals surface area contributed by atoms with Crippen molar-refractivity contribution in [2.45, 2.75) is 44.1 Å². The van der Waals surface area contributed by atoms with Crippen molar-refractivity contribution in [3.63, 3.8) is 0 Å². The average molecular weight is 378 g/mol. The van der Waals surface area contributed by atoms with Crippen molar-refractivity contribution in [2.75, 3.05) is 6.61 Å². The lowest BCUT2D eigenvalue weighted by molar-refractivity contribution is -0.265. The van der Waals surface area contributed by atoms with Crippen LogP contribution in [0.15, 0.2) is 48.5 Å². The molecule has 1 saturated heterocycles. The molecule has 0 aliphatic carbocycles. The fraction of sp³-hybridized carbons (Fsp3) is 0.400. The molecular formula is C20H23FO6. The second-order valence-electron chi connectivity index (χ2n) is 6.32. The Morgan fingerprint density at radius 2 is 1.67 bits per heavy atom. The molecule has 5 atom stereocenters. The highest BCUT2D eigenvalue weighted by atomic mass is 19.1. The fourth-order valence-electron chi connectivity index (χ4n) is 2.82. The highest BCUT2D eigenvalue weighted by molar-refractivity contribution is 5.43. The van der Waals surface area contributed by atoms with Crippen LogP contribution in [-0.4, -0.2) is 52.7 Å². The lowest BCUT2D eigenvalue weighted by atomic mass is 10.0. The quantitative estimate of drug-likeness (QED) is 0.714. The van der Waals surface area contributed by atoms with Gasteiger partial charge in [0.2, 0.25) is 6.29 Å². The Hall–Kier alpha value is -2.19. The smallest absolute Gasteiger partial charge is 0.229 e. The summed E-state index contributed by atoms with van der Waals surface area (Å²) in [5.74, 6) is 1.22. The molecule has 2 aromatic rings. The number of halogens is 1. The van der Waals surface area contributed by atoms with Crippen LogP contribution in [0.3, 0.4) is 0 Å². The number of rotatable bonds is 6. The van der Waals surface area contributed by atoms with Crippen molar-refractivity contribution in [1.82, 2.24) is 0 Å². The zero-order valence-corrected chi connectivity index (χ0v) is 14.9. The number of hydrogen-bond donors (Lipinski definition) is 3. The van der Waals surface area contributed by atoms with E-state index in [0.717, 1.165) is 6.42 Å². The van der Waals surface area contributed by atoms with Gasteiger partial charge in [-0.1, -0.05) is 31.2 Å². The molecule has 6 nitrogen and oxygen atoms in total. The average Bonchev–Trinajstić information content (AvgIpc) is 2.70. The summed E-state index contributed by atoms with van der Waals surface area (Å²) < 4.78 is 30.6. The maximum atomic E-state index is 13.9. The van der Waals surface area contributed by atoms with E-state index >= 15 is 0 Å². The van der Waals surface area contributed by atoms with E-state index in [2.05, 4.69) is 6.92 Å². The molecule has 0 bridgehead atoms.